The summed E-state index contributed by atoms with van der Waals surface area (Å²) in [5.41, 5.74) is 1.24. The van der Waals surface area contributed by atoms with Crippen LogP contribution in [0.4, 0.5) is 0 Å². The maximum Gasteiger partial charge on any atom is 0.0521 e. The number of hydrogen-bond donors (Lipinski definition) is 1. The molecule has 0 spiro atoms. The van der Waals surface area contributed by atoms with E-state index in [1.807, 2.05) is 17.9 Å². The monoisotopic (exact) mass is 237 g/mol. The van der Waals surface area contributed by atoms with E-state index in [9.17, 15) is 0 Å². The summed E-state index contributed by atoms with van der Waals surface area (Å²) < 4.78 is 7.61. The Morgan fingerprint density at radius 3 is 3.18 bits per heavy atom. The van der Waals surface area contributed by atoms with Crippen molar-refractivity contribution in [3.63, 3.8) is 0 Å². The molecule has 4 heteroatoms. The zero-order valence-corrected chi connectivity index (χ0v) is 10.7. The normalized spacial score (nSPS) is 20.6. The molecule has 4 nitrogen and oxygen atoms in total. The van der Waals surface area contributed by atoms with E-state index in [1.54, 1.807) is 0 Å². The number of nitrogens with zero attached hydrogens (tertiary/aromatic N) is 2. The summed E-state index contributed by atoms with van der Waals surface area (Å²) >= 11 is 0. The molecule has 0 radical (unpaired) electrons. The maximum atomic E-state index is 5.70. The molecule has 0 saturated carbocycles. The van der Waals surface area contributed by atoms with Crippen molar-refractivity contribution in [2.24, 2.45) is 13.0 Å². The lowest BCUT2D eigenvalue weighted by Crippen LogP contribution is -2.30. The number of nitrogens with one attached hydrogen (secondary N) is 1. The molecule has 2 heterocycles. The molecule has 1 aromatic rings. The largest absolute Gasteiger partial charge is 0.381 e. The molecule has 0 aliphatic carbocycles. The fourth-order valence-corrected chi connectivity index (χ4v) is 2.35. The molecule has 0 amide bonds. The molecule has 17 heavy (non-hydrogen) atoms. The van der Waals surface area contributed by atoms with Crippen molar-refractivity contribution in [2.75, 3.05) is 26.3 Å². The van der Waals surface area contributed by atoms with Gasteiger partial charge in [-0.3, -0.25) is 4.68 Å². The van der Waals surface area contributed by atoms with Crippen molar-refractivity contribution in [3.05, 3.63) is 18.0 Å². The van der Waals surface area contributed by atoms with Crippen molar-refractivity contribution >= 4 is 0 Å². The fourth-order valence-electron chi connectivity index (χ4n) is 2.35. The van der Waals surface area contributed by atoms with Crippen LogP contribution < -0.4 is 5.32 Å². The molecule has 1 atom stereocenters. The molecule has 1 aliphatic rings. The summed E-state index contributed by atoms with van der Waals surface area (Å²) in [5.74, 6) is 0.820. The van der Waals surface area contributed by atoms with Crippen LogP contribution in [0.3, 0.4) is 0 Å². The Kier molecular flexibility index (Phi) is 5.01. The van der Waals surface area contributed by atoms with Crippen molar-refractivity contribution in [3.8, 4) is 0 Å². The Morgan fingerprint density at radius 2 is 2.47 bits per heavy atom. The van der Waals surface area contributed by atoms with Gasteiger partial charge in [0, 0.05) is 32.0 Å². The SMILES string of the molecule is Cn1nccc1CCOCCC1CCCNC1. The van der Waals surface area contributed by atoms with Gasteiger partial charge >= 0.3 is 0 Å². The smallest absolute Gasteiger partial charge is 0.0521 e. The third kappa shape index (κ3) is 4.13. The van der Waals surface area contributed by atoms with E-state index in [1.165, 1.54) is 38.0 Å². The van der Waals surface area contributed by atoms with E-state index in [2.05, 4.69) is 16.5 Å². The van der Waals surface area contributed by atoms with E-state index < -0.39 is 0 Å². The van der Waals surface area contributed by atoms with E-state index in [0.29, 0.717) is 0 Å². The van der Waals surface area contributed by atoms with Crippen LogP contribution in [0.15, 0.2) is 12.3 Å². The highest BCUT2D eigenvalue weighted by Gasteiger charge is 2.12. The van der Waals surface area contributed by atoms with Gasteiger partial charge in [0.25, 0.3) is 0 Å². The average Bonchev–Trinajstić information content (AvgIpc) is 2.76. The van der Waals surface area contributed by atoms with E-state index in [4.69, 9.17) is 4.74 Å². The molecule has 1 saturated heterocycles. The summed E-state index contributed by atoms with van der Waals surface area (Å²) in [6, 6.07) is 2.05. The zero-order chi connectivity index (χ0) is 11.9. The Morgan fingerprint density at radius 1 is 1.53 bits per heavy atom. The summed E-state index contributed by atoms with van der Waals surface area (Å²) in [7, 11) is 1.98. The van der Waals surface area contributed by atoms with Gasteiger partial charge in [-0.15, -0.1) is 0 Å². The highest BCUT2D eigenvalue weighted by Crippen LogP contribution is 2.13. The topological polar surface area (TPSA) is 39.1 Å². The van der Waals surface area contributed by atoms with Gasteiger partial charge < -0.3 is 10.1 Å². The van der Waals surface area contributed by atoms with Crippen LogP contribution >= 0.6 is 0 Å². The van der Waals surface area contributed by atoms with Crippen LogP contribution in [-0.4, -0.2) is 36.1 Å². The van der Waals surface area contributed by atoms with Crippen LogP contribution in [-0.2, 0) is 18.2 Å². The molecule has 1 aliphatic heterocycles. The van der Waals surface area contributed by atoms with Gasteiger partial charge in [0.2, 0.25) is 0 Å². The second kappa shape index (κ2) is 6.77. The van der Waals surface area contributed by atoms with Crippen LogP contribution in [0, 0.1) is 5.92 Å². The van der Waals surface area contributed by atoms with Crippen LogP contribution in [0.5, 0.6) is 0 Å². The third-order valence-electron chi connectivity index (χ3n) is 3.49. The molecule has 0 aromatic carbocycles. The number of aryl methyl sites for hydroxylation is 1. The predicted octanol–water partition coefficient (Wildman–Crippen LogP) is 1.37. The van der Waals surface area contributed by atoms with Gasteiger partial charge in [0.1, 0.15) is 0 Å². The molecule has 1 N–H and O–H groups in total. The number of rotatable bonds is 6. The average molecular weight is 237 g/mol. The van der Waals surface area contributed by atoms with Crippen LogP contribution in [0.25, 0.3) is 0 Å². The summed E-state index contributed by atoms with van der Waals surface area (Å²) in [5, 5.41) is 7.58. The van der Waals surface area contributed by atoms with Gasteiger partial charge in [-0.25, -0.2) is 0 Å². The second-order valence-electron chi connectivity index (χ2n) is 4.81. The maximum absolute atomic E-state index is 5.70. The predicted molar refractivity (Wildman–Crippen MR) is 67.9 cm³/mol. The van der Waals surface area contributed by atoms with Crippen molar-refractivity contribution < 1.29 is 4.74 Å². The second-order valence-corrected chi connectivity index (χ2v) is 4.81. The molecule has 1 unspecified atom stereocenters. The van der Waals surface area contributed by atoms with E-state index >= 15 is 0 Å². The lowest BCUT2D eigenvalue weighted by Gasteiger charge is -2.22. The molecule has 96 valence electrons. The fraction of sp³-hybridized carbons (Fsp3) is 0.769. The first-order valence-corrected chi connectivity index (χ1v) is 6.61. The van der Waals surface area contributed by atoms with Crippen molar-refractivity contribution in [1.29, 1.82) is 0 Å². The van der Waals surface area contributed by atoms with Gasteiger partial charge in [0.15, 0.2) is 0 Å². The van der Waals surface area contributed by atoms with Gasteiger partial charge in [-0.2, -0.15) is 5.10 Å². The minimum atomic E-state index is 0.805. The van der Waals surface area contributed by atoms with Gasteiger partial charge in [-0.1, -0.05) is 0 Å². The van der Waals surface area contributed by atoms with Crippen molar-refractivity contribution in [2.45, 2.75) is 25.7 Å². The lowest BCUT2D eigenvalue weighted by atomic mass is 9.97. The van der Waals surface area contributed by atoms with E-state index in [0.717, 1.165) is 25.6 Å². The Bertz CT molecular complexity index is 318. The van der Waals surface area contributed by atoms with E-state index in [-0.39, 0.29) is 0 Å². The Hall–Kier alpha value is -0.870. The van der Waals surface area contributed by atoms with Crippen LogP contribution in [0.2, 0.25) is 0 Å². The Balaban J connectivity index is 1.53. The first-order valence-electron chi connectivity index (χ1n) is 6.61. The molecule has 1 fully saturated rings. The first-order chi connectivity index (χ1) is 8.36. The minimum absolute atomic E-state index is 0.805. The molecular weight excluding hydrogens is 214 g/mol. The molecule has 1 aromatic heterocycles. The molecule has 0 bridgehead atoms. The van der Waals surface area contributed by atoms with Crippen LogP contribution in [0.1, 0.15) is 25.0 Å². The highest BCUT2D eigenvalue weighted by molar-refractivity contribution is 4.99. The number of aromatic nitrogens is 2. The number of ether oxygens (including phenoxy) is 1. The summed E-state index contributed by atoms with van der Waals surface area (Å²) in [6.07, 6.45) is 6.67. The molecule has 2 rings (SSSR count). The van der Waals surface area contributed by atoms with Gasteiger partial charge in [0.05, 0.1) is 6.61 Å². The number of hydrogen-bond acceptors (Lipinski definition) is 3. The lowest BCUT2D eigenvalue weighted by molar-refractivity contribution is 0.117. The summed E-state index contributed by atoms with van der Waals surface area (Å²) in [4.78, 5) is 0. The Labute approximate surface area is 103 Å². The minimum Gasteiger partial charge on any atom is -0.381 e. The zero-order valence-electron chi connectivity index (χ0n) is 10.7. The first kappa shape index (κ1) is 12.6. The van der Waals surface area contributed by atoms with Gasteiger partial charge in [-0.05, 0) is 44.3 Å². The summed E-state index contributed by atoms with van der Waals surface area (Å²) in [6.45, 7) is 4.06. The number of piperidine rings is 1. The molecular formula is C13H23N3O. The van der Waals surface area contributed by atoms with Crippen molar-refractivity contribution in [1.82, 2.24) is 15.1 Å². The third-order valence-corrected chi connectivity index (χ3v) is 3.49. The highest BCUT2D eigenvalue weighted by atomic mass is 16.5. The standard InChI is InChI=1S/C13H23N3O/c1-16-13(4-8-15-16)6-10-17-9-5-12-3-2-7-14-11-12/h4,8,12,14H,2-3,5-7,9-11H2,1H3. The quantitative estimate of drug-likeness (QED) is 0.760.